The van der Waals surface area contributed by atoms with Crippen LogP contribution in [-0.4, -0.2) is 132 Å². The van der Waals surface area contributed by atoms with E-state index in [0.29, 0.717) is 65.1 Å². The molecule has 596 valence electrons. The Morgan fingerprint density at radius 1 is 0.175 bits per heavy atom. The maximum absolute atomic E-state index is 8.51. The van der Waals surface area contributed by atoms with Crippen molar-refractivity contribution in [2.45, 2.75) is 479 Å². The Labute approximate surface area is 609 Å². The van der Waals surface area contributed by atoms with Crippen LogP contribution in [0.1, 0.15) is 466 Å². The standard InChI is InChI=1S/8C10H22O.C6H10O3/c8*1-2-3-4-5-6-7-8-9-10-11;1(5-3-8-5)7-2-6-4-9-6/h8*11H,2-10H2,1H3;5-6H,1-4H2. The Morgan fingerprint density at radius 3 is 0.351 bits per heavy atom. The largest absolute Gasteiger partial charge is 0.396 e. The molecule has 0 saturated carbocycles. The van der Waals surface area contributed by atoms with Gasteiger partial charge in [-0.3, -0.25) is 0 Å². The fourth-order valence-electron chi connectivity index (χ4n) is 10.6. The van der Waals surface area contributed by atoms with Gasteiger partial charge in [0.25, 0.3) is 0 Å². The van der Waals surface area contributed by atoms with E-state index in [2.05, 4.69) is 55.4 Å². The minimum atomic E-state index is 0.370. The highest BCUT2D eigenvalue weighted by Crippen LogP contribution is 2.15. The van der Waals surface area contributed by atoms with Crippen LogP contribution in [0.5, 0.6) is 0 Å². The summed E-state index contributed by atoms with van der Waals surface area (Å²) in [4.78, 5) is 0. The molecule has 11 nitrogen and oxygen atoms in total. The van der Waals surface area contributed by atoms with Crippen molar-refractivity contribution in [3.63, 3.8) is 0 Å². The minimum Gasteiger partial charge on any atom is -0.396 e. The highest BCUT2D eigenvalue weighted by atomic mass is 16.6. The molecule has 2 aliphatic rings. The van der Waals surface area contributed by atoms with Crippen LogP contribution in [-0.2, 0) is 14.2 Å². The normalized spacial score (nSPS) is 13.0. The molecule has 97 heavy (non-hydrogen) atoms. The second kappa shape index (κ2) is 119. The van der Waals surface area contributed by atoms with E-state index in [1.165, 1.54) is 360 Å². The molecule has 0 amide bonds. The lowest BCUT2D eigenvalue weighted by Gasteiger charge is -1.98. The molecule has 0 radical (unpaired) electrons. The second-order valence-electron chi connectivity index (χ2n) is 28.0. The van der Waals surface area contributed by atoms with E-state index in [1.54, 1.807) is 0 Å². The fourth-order valence-corrected chi connectivity index (χ4v) is 10.6. The number of epoxide rings is 2. The van der Waals surface area contributed by atoms with Crippen molar-refractivity contribution >= 4 is 0 Å². The van der Waals surface area contributed by atoms with Gasteiger partial charge in [0.1, 0.15) is 12.2 Å². The van der Waals surface area contributed by atoms with E-state index in [0.717, 1.165) is 77.8 Å². The Hall–Kier alpha value is -0.440. The van der Waals surface area contributed by atoms with Gasteiger partial charge in [0.2, 0.25) is 0 Å². The molecule has 0 bridgehead atoms. The van der Waals surface area contributed by atoms with Crippen molar-refractivity contribution in [1.82, 2.24) is 0 Å². The zero-order valence-corrected chi connectivity index (χ0v) is 67.7. The van der Waals surface area contributed by atoms with Crippen molar-refractivity contribution in [3.8, 4) is 0 Å². The van der Waals surface area contributed by atoms with E-state index < -0.39 is 0 Å². The summed E-state index contributed by atoms with van der Waals surface area (Å²) in [5.74, 6) is 0. The molecular formula is C86H186O11. The second-order valence-corrected chi connectivity index (χ2v) is 28.0. The Morgan fingerprint density at radius 2 is 0.268 bits per heavy atom. The van der Waals surface area contributed by atoms with Gasteiger partial charge in [-0.15, -0.1) is 0 Å². The predicted octanol–water partition coefficient (Wildman–Crippen LogP) is 24.8. The van der Waals surface area contributed by atoms with Crippen molar-refractivity contribution in [3.05, 3.63) is 0 Å². The zero-order chi connectivity index (χ0) is 73.0. The van der Waals surface area contributed by atoms with E-state index in [9.17, 15) is 0 Å². The molecule has 0 aromatic carbocycles. The number of aliphatic hydroxyl groups excluding tert-OH is 8. The summed E-state index contributed by atoms with van der Waals surface area (Å²) in [7, 11) is 0. The van der Waals surface area contributed by atoms with Crippen molar-refractivity contribution in [1.29, 1.82) is 0 Å². The van der Waals surface area contributed by atoms with Crippen molar-refractivity contribution in [2.75, 3.05) is 79.3 Å². The number of hydrogen-bond acceptors (Lipinski definition) is 11. The highest BCUT2D eigenvalue weighted by Gasteiger charge is 2.26. The SMILES string of the molecule is C(OCC1CO1)C1CO1.CCCCCCCCCCO.CCCCCCCCCCO.CCCCCCCCCCO.CCCCCCCCCCO.CCCCCCCCCCO.CCCCCCCCCCO.CCCCCCCCCCO.CCCCCCCCCCO. The van der Waals surface area contributed by atoms with Gasteiger partial charge in [0.15, 0.2) is 0 Å². The van der Waals surface area contributed by atoms with Gasteiger partial charge < -0.3 is 55.1 Å². The fraction of sp³-hybridized carbons (Fsp3) is 1.00. The van der Waals surface area contributed by atoms with Gasteiger partial charge >= 0.3 is 0 Å². The summed E-state index contributed by atoms with van der Waals surface area (Å²) in [6.07, 6.45) is 83.8. The van der Waals surface area contributed by atoms with Gasteiger partial charge in [-0.1, -0.05) is 415 Å². The van der Waals surface area contributed by atoms with E-state index in [1.807, 2.05) is 0 Å². The first-order valence-corrected chi connectivity index (χ1v) is 43.4. The average molecular weight is 1400 g/mol. The molecule has 0 spiro atoms. The lowest BCUT2D eigenvalue weighted by molar-refractivity contribution is 0.102. The number of ether oxygens (including phenoxy) is 3. The summed E-state index contributed by atoms with van der Waals surface area (Å²) in [5, 5.41) is 68.1. The lowest BCUT2D eigenvalue weighted by Crippen LogP contribution is -2.06. The topological polar surface area (TPSA) is 196 Å². The summed E-state index contributed by atoms with van der Waals surface area (Å²) >= 11 is 0. The Kier molecular flexibility index (Phi) is 135. The summed E-state index contributed by atoms with van der Waals surface area (Å²) in [5.41, 5.74) is 0. The van der Waals surface area contributed by atoms with Gasteiger partial charge in [-0.05, 0) is 51.4 Å². The summed E-state index contributed by atoms with van der Waals surface area (Å²) in [6.45, 7) is 24.2. The quantitative estimate of drug-likeness (QED) is 0.0213. The molecule has 11 heteroatoms. The third kappa shape index (κ3) is 147. The highest BCUT2D eigenvalue weighted by molar-refractivity contribution is 4.71. The van der Waals surface area contributed by atoms with Gasteiger partial charge in [-0.2, -0.15) is 0 Å². The van der Waals surface area contributed by atoms with Crippen LogP contribution in [0.2, 0.25) is 0 Å². The lowest BCUT2D eigenvalue weighted by atomic mass is 10.1. The van der Waals surface area contributed by atoms with Gasteiger partial charge in [0.05, 0.1) is 26.4 Å². The Bertz CT molecular complexity index is 839. The van der Waals surface area contributed by atoms with Gasteiger partial charge in [-0.25, -0.2) is 0 Å². The summed E-state index contributed by atoms with van der Waals surface area (Å²) < 4.78 is 15.1. The van der Waals surface area contributed by atoms with Crippen LogP contribution in [0.25, 0.3) is 0 Å². The molecule has 2 aliphatic heterocycles. The van der Waals surface area contributed by atoms with Crippen molar-refractivity contribution < 1.29 is 55.1 Å². The van der Waals surface area contributed by atoms with E-state index in [4.69, 9.17) is 55.1 Å². The molecule has 0 aliphatic carbocycles. The third-order valence-electron chi connectivity index (χ3n) is 17.5. The van der Waals surface area contributed by atoms with E-state index >= 15 is 0 Å². The average Bonchev–Trinajstić information content (AvgIpc) is 2.03. The molecular weight excluding hydrogens is 1210 g/mol. The predicted molar refractivity (Wildman–Crippen MR) is 428 cm³/mol. The molecule has 2 heterocycles. The molecule has 2 atom stereocenters. The van der Waals surface area contributed by atoms with Crippen LogP contribution in [0.4, 0.5) is 0 Å². The number of hydrogen-bond donors (Lipinski definition) is 8. The maximum Gasteiger partial charge on any atom is 0.104 e. The first kappa shape index (κ1) is 110. The number of unbranched alkanes of at least 4 members (excludes halogenated alkanes) is 56. The minimum absolute atomic E-state index is 0.370. The van der Waals surface area contributed by atoms with Crippen LogP contribution in [0.3, 0.4) is 0 Å². The van der Waals surface area contributed by atoms with Crippen LogP contribution < -0.4 is 0 Å². The first-order chi connectivity index (χ1) is 47.8. The molecule has 2 fully saturated rings. The summed E-state index contributed by atoms with van der Waals surface area (Å²) in [6, 6.07) is 0. The van der Waals surface area contributed by atoms with Crippen LogP contribution in [0, 0.1) is 0 Å². The van der Waals surface area contributed by atoms with Crippen molar-refractivity contribution in [2.24, 2.45) is 0 Å². The third-order valence-corrected chi connectivity index (χ3v) is 17.5. The monoisotopic (exact) mass is 1400 g/mol. The molecule has 8 N–H and O–H groups in total. The smallest absolute Gasteiger partial charge is 0.104 e. The molecule has 0 aromatic rings. The van der Waals surface area contributed by atoms with Crippen LogP contribution >= 0.6 is 0 Å². The van der Waals surface area contributed by atoms with Gasteiger partial charge in [0, 0.05) is 52.9 Å². The first-order valence-electron chi connectivity index (χ1n) is 43.4. The number of rotatable bonds is 68. The zero-order valence-electron chi connectivity index (χ0n) is 67.7. The van der Waals surface area contributed by atoms with E-state index in [-0.39, 0.29) is 0 Å². The molecule has 2 unspecified atom stereocenters. The molecule has 0 aromatic heterocycles. The molecule has 2 rings (SSSR count). The van der Waals surface area contributed by atoms with Crippen LogP contribution in [0.15, 0.2) is 0 Å². The molecule has 2 saturated heterocycles. The maximum atomic E-state index is 8.51. The Balaban J connectivity index is -0.000000188. The number of aliphatic hydroxyl groups is 8.